The number of nitrogens with two attached hydrogens (primary N) is 1. The van der Waals surface area contributed by atoms with Gasteiger partial charge < -0.3 is 10.6 Å². The molecule has 0 aliphatic carbocycles. The van der Waals surface area contributed by atoms with Crippen LogP contribution in [-0.2, 0) is 6.54 Å². The molecule has 1 aromatic carbocycles. The van der Waals surface area contributed by atoms with Crippen molar-refractivity contribution < 1.29 is 0 Å². The molecule has 0 atom stereocenters. The van der Waals surface area contributed by atoms with Crippen molar-refractivity contribution in [3.63, 3.8) is 0 Å². The number of hydrogen-bond donors (Lipinski definition) is 1. The van der Waals surface area contributed by atoms with Gasteiger partial charge in [0.15, 0.2) is 0 Å². The molecule has 2 aromatic heterocycles. The highest BCUT2D eigenvalue weighted by atomic mass is 32.1. The molecule has 0 spiro atoms. The first-order valence-electron chi connectivity index (χ1n) is 6.39. The van der Waals surface area contributed by atoms with Crippen LogP contribution in [0.1, 0.15) is 11.1 Å². The van der Waals surface area contributed by atoms with E-state index >= 15 is 0 Å². The topological polar surface area (TPSA) is 55.0 Å². The first-order valence-corrected chi connectivity index (χ1v) is 7.27. The third-order valence-electron chi connectivity index (χ3n) is 3.24. The largest absolute Gasteiger partial charge is 0.399 e. The van der Waals surface area contributed by atoms with E-state index < -0.39 is 0 Å². The predicted molar refractivity (Wildman–Crippen MR) is 85.1 cm³/mol. The number of anilines is 2. The number of nitrogens with zero attached hydrogens (tertiary/aromatic N) is 3. The smallest absolute Gasteiger partial charge is 0.150 e. The summed E-state index contributed by atoms with van der Waals surface area (Å²) in [6.45, 7) is 2.85. The summed E-state index contributed by atoms with van der Waals surface area (Å²) < 4.78 is 1.14. The number of benzene rings is 1. The molecule has 0 amide bonds. The average molecular weight is 284 g/mol. The van der Waals surface area contributed by atoms with Gasteiger partial charge in [-0.1, -0.05) is 12.1 Å². The van der Waals surface area contributed by atoms with Crippen molar-refractivity contribution in [1.29, 1.82) is 0 Å². The maximum atomic E-state index is 5.82. The minimum Gasteiger partial charge on any atom is -0.399 e. The summed E-state index contributed by atoms with van der Waals surface area (Å²) in [5.74, 6) is 0.968. The van der Waals surface area contributed by atoms with E-state index in [4.69, 9.17) is 5.73 Å². The minimum atomic E-state index is 0.772. The van der Waals surface area contributed by atoms with Gasteiger partial charge in [-0.05, 0) is 35.6 Å². The fourth-order valence-corrected chi connectivity index (χ4v) is 3.31. The Morgan fingerprint density at radius 1 is 1.30 bits per heavy atom. The molecule has 2 N–H and O–H groups in total. The van der Waals surface area contributed by atoms with Crippen LogP contribution in [0.2, 0.25) is 0 Å². The van der Waals surface area contributed by atoms with Crippen LogP contribution < -0.4 is 10.6 Å². The molecule has 3 rings (SSSR count). The van der Waals surface area contributed by atoms with Crippen LogP contribution in [0.3, 0.4) is 0 Å². The number of fused-ring (bicyclic) bond motifs is 1. The average Bonchev–Trinajstić information content (AvgIpc) is 2.81. The fourth-order valence-electron chi connectivity index (χ4n) is 2.27. The minimum absolute atomic E-state index is 0.772. The van der Waals surface area contributed by atoms with Gasteiger partial charge in [0, 0.05) is 19.3 Å². The van der Waals surface area contributed by atoms with Gasteiger partial charge in [-0.15, -0.1) is 11.3 Å². The van der Waals surface area contributed by atoms with Crippen LogP contribution in [0, 0.1) is 6.92 Å². The summed E-state index contributed by atoms with van der Waals surface area (Å²) in [6.07, 6.45) is 1.63. The second-order valence-corrected chi connectivity index (χ2v) is 5.77. The van der Waals surface area contributed by atoms with Gasteiger partial charge >= 0.3 is 0 Å². The second kappa shape index (κ2) is 5.09. The molecule has 0 fully saturated rings. The monoisotopic (exact) mass is 284 g/mol. The number of rotatable bonds is 3. The maximum Gasteiger partial charge on any atom is 0.150 e. The van der Waals surface area contributed by atoms with Gasteiger partial charge in [-0.2, -0.15) is 0 Å². The number of thiophene rings is 1. The lowest BCUT2D eigenvalue weighted by atomic mass is 10.2. The molecular weight excluding hydrogens is 268 g/mol. The van der Waals surface area contributed by atoms with Crippen molar-refractivity contribution in [2.45, 2.75) is 13.5 Å². The van der Waals surface area contributed by atoms with Crippen LogP contribution in [0.25, 0.3) is 10.2 Å². The van der Waals surface area contributed by atoms with Crippen molar-refractivity contribution in [3.8, 4) is 0 Å². The zero-order valence-electron chi connectivity index (χ0n) is 11.5. The first-order chi connectivity index (χ1) is 9.65. The van der Waals surface area contributed by atoms with Gasteiger partial charge in [0.05, 0.1) is 10.2 Å². The summed E-state index contributed by atoms with van der Waals surface area (Å²) in [4.78, 5) is 10.9. The molecule has 0 saturated carbocycles. The summed E-state index contributed by atoms with van der Waals surface area (Å²) >= 11 is 1.69. The molecule has 3 aromatic rings. The molecule has 102 valence electrons. The van der Waals surface area contributed by atoms with E-state index in [1.54, 1.807) is 17.7 Å². The molecule has 0 aliphatic rings. The van der Waals surface area contributed by atoms with E-state index in [0.29, 0.717) is 0 Å². The number of hydrogen-bond acceptors (Lipinski definition) is 5. The molecule has 20 heavy (non-hydrogen) atoms. The highest BCUT2D eigenvalue weighted by molar-refractivity contribution is 7.18. The van der Waals surface area contributed by atoms with Gasteiger partial charge in [0.2, 0.25) is 0 Å². The van der Waals surface area contributed by atoms with Crippen molar-refractivity contribution in [1.82, 2.24) is 9.97 Å². The number of nitrogen functional groups attached to an aromatic ring is 1. The zero-order valence-corrected chi connectivity index (χ0v) is 12.3. The first kappa shape index (κ1) is 12.9. The summed E-state index contributed by atoms with van der Waals surface area (Å²) in [6, 6.07) is 7.94. The van der Waals surface area contributed by atoms with Crippen molar-refractivity contribution in [3.05, 3.63) is 47.1 Å². The molecule has 4 nitrogen and oxygen atoms in total. The highest BCUT2D eigenvalue weighted by Crippen LogP contribution is 2.30. The van der Waals surface area contributed by atoms with Crippen LogP contribution >= 0.6 is 11.3 Å². The van der Waals surface area contributed by atoms with E-state index in [1.807, 2.05) is 25.2 Å². The summed E-state index contributed by atoms with van der Waals surface area (Å²) in [5.41, 5.74) is 10.0. The molecule has 0 saturated heterocycles. The maximum absolute atomic E-state index is 5.82. The molecule has 0 aliphatic heterocycles. The standard InChI is InChI=1S/C15H16N4S/c1-10-8-20-14-13(10)17-9-18-15(14)19(2)7-11-4-3-5-12(16)6-11/h3-6,8-9H,7,16H2,1-2H3. The number of aryl methyl sites for hydroxylation is 1. The van der Waals surface area contributed by atoms with Crippen molar-refractivity contribution in [2.24, 2.45) is 0 Å². The Hall–Kier alpha value is -2.14. The lowest BCUT2D eigenvalue weighted by molar-refractivity contribution is 0.902. The van der Waals surface area contributed by atoms with Crippen LogP contribution in [0.15, 0.2) is 36.0 Å². The Kier molecular flexibility index (Phi) is 3.28. The van der Waals surface area contributed by atoms with Gasteiger partial charge in [-0.25, -0.2) is 9.97 Å². The van der Waals surface area contributed by atoms with E-state index in [0.717, 1.165) is 28.3 Å². The third-order valence-corrected chi connectivity index (χ3v) is 4.33. The molecule has 2 heterocycles. The Morgan fingerprint density at radius 2 is 2.15 bits per heavy atom. The van der Waals surface area contributed by atoms with Crippen LogP contribution in [0.4, 0.5) is 11.5 Å². The van der Waals surface area contributed by atoms with Gasteiger partial charge in [-0.3, -0.25) is 0 Å². The SMILES string of the molecule is Cc1csc2c(N(C)Cc3cccc(N)c3)ncnc12. The Morgan fingerprint density at radius 3 is 2.95 bits per heavy atom. The predicted octanol–water partition coefficient (Wildman–Crippen LogP) is 3.22. The second-order valence-electron chi connectivity index (χ2n) is 4.89. The highest BCUT2D eigenvalue weighted by Gasteiger charge is 2.12. The van der Waals surface area contributed by atoms with Crippen LogP contribution in [-0.4, -0.2) is 17.0 Å². The normalized spacial score (nSPS) is 10.9. The molecule has 5 heteroatoms. The number of aromatic nitrogens is 2. The van der Waals surface area contributed by atoms with Crippen molar-refractivity contribution in [2.75, 3.05) is 17.7 Å². The summed E-state index contributed by atoms with van der Waals surface area (Å²) in [5, 5.41) is 2.12. The van der Waals surface area contributed by atoms with E-state index in [-0.39, 0.29) is 0 Å². The molecule has 0 unspecified atom stereocenters. The van der Waals surface area contributed by atoms with Crippen molar-refractivity contribution >= 4 is 33.1 Å². The lowest BCUT2D eigenvalue weighted by Crippen LogP contribution is -2.18. The van der Waals surface area contributed by atoms with Gasteiger partial charge in [0.25, 0.3) is 0 Å². The van der Waals surface area contributed by atoms with E-state index in [1.165, 1.54) is 11.1 Å². The molecule has 0 radical (unpaired) electrons. The Balaban J connectivity index is 1.94. The molecule has 0 bridgehead atoms. The van der Waals surface area contributed by atoms with E-state index in [2.05, 4.69) is 33.2 Å². The zero-order chi connectivity index (χ0) is 14.1. The lowest BCUT2D eigenvalue weighted by Gasteiger charge is -2.18. The van der Waals surface area contributed by atoms with Crippen LogP contribution in [0.5, 0.6) is 0 Å². The fraction of sp³-hybridized carbons (Fsp3) is 0.200. The Labute approximate surface area is 121 Å². The van der Waals surface area contributed by atoms with E-state index in [9.17, 15) is 0 Å². The quantitative estimate of drug-likeness (QED) is 0.750. The molecular formula is C15H16N4S. The Bertz CT molecular complexity index is 750. The summed E-state index contributed by atoms with van der Waals surface area (Å²) in [7, 11) is 2.04. The van der Waals surface area contributed by atoms with Gasteiger partial charge in [0.1, 0.15) is 12.1 Å². The third kappa shape index (κ3) is 2.32.